The van der Waals surface area contributed by atoms with Crippen molar-refractivity contribution in [3.63, 3.8) is 0 Å². The molecular weight excluding hydrogens is 316 g/mol. The van der Waals surface area contributed by atoms with Gasteiger partial charge in [-0.15, -0.1) is 12.4 Å². The Balaban J connectivity index is 0.00000484. The van der Waals surface area contributed by atoms with Crippen LogP contribution < -0.4 is 15.8 Å². The average molecular weight is 345 g/mol. The van der Waals surface area contributed by atoms with E-state index < -0.39 is 0 Å². The Hall–Kier alpha value is -1.30. The van der Waals surface area contributed by atoms with Gasteiger partial charge in [-0.05, 0) is 31.9 Å². The third-order valence-electron chi connectivity index (χ3n) is 3.83. The molecule has 0 radical (unpaired) electrons. The molecule has 132 valence electrons. The van der Waals surface area contributed by atoms with E-state index in [1.165, 1.54) is 0 Å². The lowest BCUT2D eigenvalue weighted by Gasteiger charge is -2.27. The van der Waals surface area contributed by atoms with Crippen LogP contribution >= 0.6 is 12.4 Å². The number of nitrogens with one attached hydrogen (secondary N) is 1. The first-order valence-corrected chi connectivity index (χ1v) is 7.93. The fourth-order valence-electron chi connectivity index (χ4n) is 1.99. The summed E-state index contributed by atoms with van der Waals surface area (Å²) in [6.07, 6.45) is 1.63. The maximum atomic E-state index is 12.4. The Labute approximate surface area is 145 Å². The van der Waals surface area contributed by atoms with Crippen molar-refractivity contribution in [3.05, 3.63) is 29.8 Å². The normalized spacial score (nSPS) is 10.8. The third-order valence-corrected chi connectivity index (χ3v) is 3.83. The van der Waals surface area contributed by atoms with E-state index in [4.69, 9.17) is 15.2 Å². The average Bonchev–Trinajstić information content (AvgIpc) is 2.56. The molecule has 6 heteroatoms. The molecule has 1 aromatic rings. The minimum absolute atomic E-state index is 0. The number of rotatable bonds is 10. The van der Waals surface area contributed by atoms with Crippen LogP contribution in [-0.2, 0) is 4.74 Å². The van der Waals surface area contributed by atoms with Gasteiger partial charge < -0.3 is 20.5 Å². The predicted molar refractivity (Wildman–Crippen MR) is 95.5 cm³/mol. The van der Waals surface area contributed by atoms with E-state index in [0.717, 1.165) is 12.8 Å². The van der Waals surface area contributed by atoms with Crippen LogP contribution in [0.25, 0.3) is 0 Å². The molecule has 1 rings (SSSR count). The quantitative estimate of drug-likeness (QED) is 0.640. The van der Waals surface area contributed by atoms with Gasteiger partial charge in [0.15, 0.2) is 0 Å². The van der Waals surface area contributed by atoms with Crippen LogP contribution in [0.4, 0.5) is 0 Å². The van der Waals surface area contributed by atoms with Crippen LogP contribution in [0.1, 0.15) is 44.0 Å². The van der Waals surface area contributed by atoms with E-state index in [-0.39, 0.29) is 23.9 Å². The van der Waals surface area contributed by atoms with Crippen LogP contribution in [0.15, 0.2) is 24.3 Å². The van der Waals surface area contributed by atoms with Gasteiger partial charge in [0, 0.05) is 18.7 Å². The molecule has 0 atom stereocenters. The van der Waals surface area contributed by atoms with Crippen molar-refractivity contribution >= 4 is 18.3 Å². The highest BCUT2D eigenvalue weighted by molar-refractivity contribution is 5.96. The zero-order valence-electron chi connectivity index (χ0n) is 14.3. The standard InChI is InChI=1S/C17H28N2O3.ClH/c1-4-17(18,5-2)13-19-16(20)14-9-7-8-10-15(14)22-12-11-21-6-3;/h7-10H,4-6,11-13,18H2,1-3H3,(H,19,20);1H. The molecule has 1 amide bonds. The van der Waals surface area contributed by atoms with Crippen molar-refractivity contribution in [2.24, 2.45) is 5.73 Å². The number of carbonyl (C=O) groups is 1. The number of halogens is 1. The SMILES string of the molecule is CCOCCOc1ccccc1C(=O)NCC(N)(CC)CC.Cl. The Morgan fingerprint density at radius 2 is 1.83 bits per heavy atom. The van der Waals surface area contributed by atoms with Gasteiger partial charge in [0.2, 0.25) is 0 Å². The van der Waals surface area contributed by atoms with E-state index in [1.54, 1.807) is 12.1 Å². The molecule has 0 unspecified atom stereocenters. The zero-order valence-corrected chi connectivity index (χ0v) is 15.1. The summed E-state index contributed by atoms with van der Waals surface area (Å²) < 4.78 is 10.9. The summed E-state index contributed by atoms with van der Waals surface area (Å²) in [5, 5.41) is 2.91. The summed E-state index contributed by atoms with van der Waals surface area (Å²) in [6.45, 7) is 8.01. The summed E-state index contributed by atoms with van der Waals surface area (Å²) in [5.41, 5.74) is 6.37. The van der Waals surface area contributed by atoms with Crippen LogP contribution in [0, 0.1) is 0 Å². The monoisotopic (exact) mass is 344 g/mol. The maximum absolute atomic E-state index is 12.4. The number of benzene rings is 1. The van der Waals surface area contributed by atoms with Crippen molar-refractivity contribution in [1.82, 2.24) is 5.32 Å². The number of hydrogen-bond acceptors (Lipinski definition) is 4. The van der Waals surface area contributed by atoms with E-state index >= 15 is 0 Å². The molecule has 0 spiro atoms. The van der Waals surface area contributed by atoms with Crippen LogP contribution in [0.5, 0.6) is 5.75 Å². The predicted octanol–water partition coefficient (Wildman–Crippen LogP) is 2.77. The molecule has 0 aliphatic heterocycles. The second-order valence-electron chi connectivity index (χ2n) is 5.29. The van der Waals surface area contributed by atoms with Gasteiger partial charge in [-0.1, -0.05) is 26.0 Å². The molecule has 0 heterocycles. The number of nitrogens with two attached hydrogens (primary N) is 1. The summed E-state index contributed by atoms with van der Waals surface area (Å²) >= 11 is 0. The topological polar surface area (TPSA) is 73.6 Å². The van der Waals surface area contributed by atoms with E-state index in [0.29, 0.717) is 37.7 Å². The van der Waals surface area contributed by atoms with Gasteiger partial charge in [0.1, 0.15) is 12.4 Å². The largest absolute Gasteiger partial charge is 0.490 e. The van der Waals surface area contributed by atoms with Crippen molar-refractivity contribution in [1.29, 1.82) is 0 Å². The van der Waals surface area contributed by atoms with Gasteiger partial charge in [0.25, 0.3) is 5.91 Å². The molecule has 5 nitrogen and oxygen atoms in total. The number of amides is 1. The minimum Gasteiger partial charge on any atom is -0.490 e. The summed E-state index contributed by atoms with van der Waals surface area (Å²) in [5.74, 6) is 0.402. The second-order valence-corrected chi connectivity index (χ2v) is 5.29. The molecule has 0 bridgehead atoms. The molecule has 0 aliphatic rings. The number of para-hydroxylation sites is 1. The van der Waals surface area contributed by atoms with Gasteiger partial charge in [-0.25, -0.2) is 0 Å². The van der Waals surface area contributed by atoms with E-state index in [2.05, 4.69) is 5.32 Å². The van der Waals surface area contributed by atoms with Gasteiger partial charge in [0.05, 0.1) is 12.2 Å². The molecule has 0 aliphatic carbocycles. The maximum Gasteiger partial charge on any atom is 0.255 e. The second kappa shape index (κ2) is 11.3. The van der Waals surface area contributed by atoms with Gasteiger partial charge in [-0.2, -0.15) is 0 Å². The van der Waals surface area contributed by atoms with Gasteiger partial charge in [-0.3, -0.25) is 4.79 Å². The molecule has 3 N–H and O–H groups in total. The fraction of sp³-hybridized carbons (Fsp3) is 0.588. The van der Waals surface area contributed by atoms with Crippen LogP contribution in [-0.4, -0.2) is 37.8 Å². The van der Waals surface area contributed by atoms with Gasteiger partial charge >= 0.3 is 0 Å². The molecule has 0 saturated carbocycles. The first-order chi connectivity index (χ1) is 10.6. The molecule has 0 aromatic heterocycles. The van der Waals surface area contributed by atoms with Crippen molar-refractivity contribution in [2.45, 2.75) is 39.2 Å². The fourth-order valence-corrected chi connectivity index (χ4v) is 1.99. The van der Waals surface area contributed by atoms with Crippen molar-refractivity contribution in [3.8, 4) is 5.75 Å². The Morgan fingerprint density at radius 3 is 2.43 bits per heavy atom. The summed E-state index contributed by atoms with van der Waals surface area (Å²) in [7, 11) is 0. The lowest BCUT2D eigenvalue weighted by molar-refractivity contribution is 0.0926. The summed E-state index contributed by atoms with van der Waals surface area (Å²) in [4.78, 5) is 12.4. The van der Waals surface area contributed by atoms with Crippen molar-refractivity contribution < 1.29 is 14.3 Å². The summed E-state index contributed by atoms with van der Waals surface area (Å²) in [6, 6.07) is 7.20. The molecule has 1 aromatic carbocycles. The highest BCUT2D eigenvalue weighted by Crippen LogP contribution is 2.18. The van der Waals surface area contributed by atoms with E-state index in [1.807, 2.05) is 32.9 Å². The lowest BCUT2D eigenvalue weighted by atomic mass is 9.94. The molecule has 23 heavy (non-hydrogen) atoms. The lowest BCUT2D eigenvalue weighted by Crippen LogP contribution is -2.49. The number of carbonyl (C=O) groups excluding carboxylic acids is 1. The van der Waals surface area contributed by atoms with Crippen LogP contribution in [0.3, 0.4) is 0 Å². The van der Waals surface area contributed by atoms with Crippen LogP contribution in [0.2, 0.25) is 0 Å². The number of ether oxygens (including phenoxy) is 2. The van der Waals surface area contributed by atoms with E-state index in [9.17, 15) is 4.79 Å². The third kappa shape index (κ3) is 7.20. The first kappa shape index (κ1) is 21.7. The zero-order chi connectivity index (χ0) is 16.4. The Kier molecular flexibility index (Phi) is 10.6. The van der Waals surface area contributed by atoms with Crippen molar-refractivity contribution in [2.75, 3.05) is 26.4 Å². The smallest absolute Gasteiger partial charge is 0.255 e. The molecule has 0 saturated heterocycles. The molecule has 0 fully saturated rings. The number of hydrogen-bond donors (Lipinski definition) is 2. The molecular formula is C17H29ClN2O3. The first-order valence-electron chi connectivity index (χ1n) is 7.93. The highest BCUT2D eigenvalue weighted by atomic mass is 35.5. The Bertz CT molecular complexity index is 465. The highest BCUT2D eigenvalue weighted by Gasteiger charge is 2.22. The Morgan fingerprint density at radius 1 is 1.17 bits per heavy atom. The minimum atomic E-state index is -0.361.